The van der Waals surface area contributed by atoms with E-state index in [1.165, 1.54) is 12.8 Å². The summed E-state index contributed by atoms with van der Waals surface area (Å²) >= 11 is 5.42. The standard InChI is InChI=1S/C22H28N2O4S/c1-25-19-13-8-15(20(26-2)21(19)27-3)14-23-22(29)24-16-9-11-18(12-10-16)28-17-6-4-5-7-17/h8-13,17H,4-7,14H2,1-3H3,(H2,23,24,29). The molecule has 3 rings (SSSR count). The summed E-state index contributed by atoms with van der Waals surface area (Å²) in [7, 11) is 4.79. The van der Waals surface area contributed by atoms with Crippen LogP contribution in [0.2, 0.25) is 0 Å². The van der Waals surface area contributed by atoms with E-state index in [-0.39, 0.29) is 0 Å². The second-order valence-electron chi connectivity index (χ2n) is 6.85. The second kappa shape index (κ2) is 10.2. The molecular formula is C22H28N2O4S. The van der Waals surface area contributed by atoms with Crippen molar-refractivity contribution in [3.63, 3.8) is 0 Å². The maximum atomic E-state index is 5.99. The van der Waals surface area contributed by atoms with Gasteiger partial charge in [0, 0.05) is 17.8 Å². The molecule has 156 valence electrons. The summed E-state index contributed by atoms with van der Waals surface area (Å²) in [4.78, 5) is 0. The molecule has 1 aliphatic rings. The van der Waals surface area contributed by atoms with Crippen LogP contribution >= 0.6 is 12.2 Å². The minimum absolute atomic E-state index is 0.355. The van der Waals surface area contributed by atoms with E-state index in [9.17, 15) is 0 Å². The summed E-state index contributed by atoms with van der Waals surface area (Å²) in [6.45, 7) is 0.484. The Hall–Kier alpha value is -2.67. The number of benzene rings is 2. The van der Waals surface area contributed by atoms with Crippen LogP contribution in [0.1, 0.15) is 31.2 Å². The summed E-state index contributed by atoms with van der Waals surface area (Å²) in [6, 6.07) is 11.6. The number of ether oxygens (including phenoxy) is 4. The van der Waals surface area contributed by atoms with Crippen molar-refractivity contribution < 1.29 is 18.9 Å². The van der Waals surface area contributed by atoms with Gasteiger partial charge in [-0.1, -0.05) is 0 Å². The summed E-state index contributed by atoms with van der Waals surface area (Å²) in [5.41, 5.74) is 1.81. The molecule has 0 spiro atoms. The minimum atomic E-state index is 0.355. The van der Waals surface area contributed by atoms with Gasteiger partial charge in [0.05, 0.1) is 27.4 Å². The first-order chi connectivity index (χ1) is 14.1. The van der Waals surface area contributed by atoms with E-state index in [4.69, 9.17) is 31.2 Å². The van der Waals surface area contributed by atoms with Crippen molar-refractivity contribution in [2.24, 2.45) is 0 Å². The average molecular weight is 417 g/mol. The Morgan fingerprint density at radius 1 is 0.931 bits per heavy atom. The van der Waals surface area contributed by atoms with Crippen LogP contribution in [0.3, 0.4) is 0 Å². The Kier molecular flexibility index (Phi) is 7.41. The van der Waals surface area contributed by atoms with Gasteiger partial charge in [-0.05, 0) is 74.3 Å². The first-order valence-corrected chi connectivity index (χ1v) is 10.1. The molecule has 0 radical (unpaired) electrons. The van der Waals surface area contributed by atoms with E-state index >= 15 is 0 Å². The van der Waals surface area contributed by atoms with E-state index < -0.39 is 0 Å². The van der Waals surface area contributed by atoms with Crippen LogP contribution < -0.4 is 29.6 Å². The van der Waals surface area contributed by atoms with Gasteiger partial charge in [-0.3, -0.25) is 0 Å². The highest BCUT2D eigenvalue weighted by molar-refractivity contribution is 7.80. The topological polar surface area (TPSA) is 61.0 Å². The summed E-state index contributed by atoms with van der Waals surface area (Å²) in [5.74, 6) is 2.70. The van der Waals surface area contributed by atoms with Gasteiger partial charge in [0.25, 0.3) is 0 Å². The monoisotopic (exact) mass is 416 g/mol. The lowest BCUT2D eigenvalue weighted by Gasteiger charge is -2.17. The molecule has 2 N–H and O–H groups in total. The lowest BCUT2D eigenvalue weighted by atomic mass is 10.1. The van der Waals surface area contributed by atoms with Crippen LogP contribution in [0.15, 0.2) is 36.4 Å². The molecule has 29 heavy (non-hydrogen) atoms. The lowest BCUT2D eigenvalue weighted by Crippen LogP contribution is -2.28. The zero-order valence-electron chi connectivity index (χ0n) is 17.1. The molecule has 1 fully saturated rings. The van der Waals surface area contributed by atoms with Crippen LogP contribution in [-0.4, -0.2) is 32.5 Å². The third-order valence-corrected chi connectivity index (χ3v) is 5.19. The molecule has 2 aromatic carbocycles. The molecule has 0 bridgehead atoms. The summed E-state index contributed by atoms with van der Waals surface area (Å²) < 4.78 is 22.2. The van der Waals surface area contributed by atoms with Crippen molar-refractivity contribution in [3.05, 3.63) is 42.0 Å². The molecule has 1 saturated carbocycles. The van der Waals surface area contributed by atoms with Crippen molar-refractivity contribution in [1.29, 1.82) is 0 Å². The number of hydrogen-bond acceptors (Lipinski definition) is 5. The van der Waals surface area contributed by atoms with Crippen LogP contribution in [-0.2, 0) is 6.54 Å². The first-order valence-electron chi connectivity index (χ1n) is 9.74. The van der Waals surface area contributed by atoms with E-state index in [1.54, 1.807) is 21.3 Å². The van der Waals surface area contributed by atoms with Crippen LogP contribution in [0.4, 0.5) is 5.69 Å². The maximum absolute atomic E-state index is 5.99. The Morgan fingerprint density at radius 3 is 2.24 bits per heavy atom. The van der Waals surface area contributed by atoms with Gasteiger partial charge < -0.3 is 29.6 Å². The smallest absolute Gasteiger partial charge is 0.203 e. The van der Waals surface area contributed by atoms with Crippen molar-refractivity contribution in [3.8, 4) is 23.0 Å². The third kappa shape index (κ3) is 5.44. The second-order valence-corrected chi connectivity index (χ2v) is 7.26. The van der Waals surface area contributed by atoms with Crippen LogP contribution in [0.5, 0.6) is 23.0 Å². The predicted molar refractivity (Wildman–Crippen MR) is 118 cm³/mol. The molecular weight excluding hydrogens is 388 g/mol. The molecule has 7 heteroatoms. The fraction of sp³-hybridized carbons (Fsp3) is 0.409. The fourth-order valence-electron chi connectivity index (χ4n) is 3.47. The van der Waals surface area contributed by atoms with Gasteiger partial charge in [-0.15, -0.1) is 0 Å². The fourth-order valence-corrected chi connectivity index (χ4v) is 3.66. The lowest BCUT2D eigenvalue weighted by molar-refractivity contribution is 0.210. The molecule has 0 amide bonds. The number of anilines is 1. The molecule has 0 saturated heterocycles. The van der Waals surface area contributed by atoms with E-state index in [2.05, 4.69) is 10.6 Å². The van der Waals surface area contributed by atoms with Gasteiger partial charge in [-0.25, -0.2) is 0 Å². The zero-order valence-corrected chi connectivity index (χ0v) is 17.9. The van der Waals surface area contributed by atoms with Gasteiger partial charge in [0.1, 0.15) is 5.75 Å². The Balaban J connectivity index is 1.56. The van der Waals surface area contributed by atoms with Gasteiger partial charge in [-0.2, -0.15) is 0 Å². The van der Waals surface area contributed by atoms with E-state index in [1.807, 2.05) is 36.4 Å². The highest BCUT2D eigenvalue weighted by atomic mass is 32.1. The van der Waals surface area contributed by atoms with Gasteiger partial charge in [0.2, 0.25) is 5.75 Å². The molecule has 0 unspecified atom stereocenters. The molecule has 1 aliphatic carbocycles. The number of nitrogens with one attached hydrogen (secondary N) is 2. The SMILES string of the molecule is COc1ccc(CNC(=S)Nc2ccc(OC3CCCC3)cc2)c(OC)c1OC. The Morgan fingerprint density at radius 2 is 1.62 bits per heavy atom. The molecule has 0 heterocycles. The van der Waals surface area contributed by atoms with Crippen molar-refractivity contribution >= 4 is 23.0 Å². The average Bonchev–Trinajstić information content (AvgIpc) is 3.25. The molecule has 0 atom stereocenters. The maximum Gasteiger partial charge on any atom is 0.203 e. The van der Waals surface area contributed by atoms with E-state index in [0.717, 1.165) is 29.8 Å². The molecule has 2 aromatic rings. The Labute approximate surface area is 177 Å². The summed E-state index contributed by atoms with van der Waals surface area (Å²) in [6.07, 6.45) is 5.17. The van der Waals surface area contributed by atoms with Gasteiger partial charge >= 0.3 is 0 Å². The number of hydrogen-bond donors (Lipinski definition) is 2. The largest absolute Gasteiger partial charge is 0.493 e. The normalized spacial score (nSPS) is 13.6. The van der Waals surface area contributed by atoms with Crippen molar-refractivity contribution in [2.45, 2.75) is 38.3 Å². The van der Waals surface area contributed by atoms with Crippen LogP contribution in [0.25, 0.3) is 0 Å². The number of thiocarbonyl (C=S) groups is 1. The van der Waals surface area contributed by atoms with Crippen molar-refractivity contribution in [2.75, 3.05) is 26.6 Å². The Bertz CT molecular complexity index is 820. The first kappa shape index (κ1) is 21.0. The van der Waals surface area contributed by atoms with Gasteiger partial charge in [0.15, 0.2) is 16.6 Å². The quantitative estimate of drug-likeness (QED) is 0.614. The third-order valence-electron chi connectivity index (χ3n) is 4.94. The van der Waals surface area contributed by atoms with Crippen molar-refractivity contribution in [1.82, 2.24) is 5.32 Å². The van der Waals surface area contributed by atoms with Crippen LogP contribution in [0, 0.1) is 0 Å². The minimum Gasteiger partial charge on any atom is -0.493 e. The molecule has 0 aliphatic heterocycles. The molecule has 6 nitrogen and oxygen atoms in total. The summed E-state index contributed by atoms with van der Waals surface area (Å²) in [5, 5.41) is 6.91. The number of rotatable bonds is 8. The number of methoxy groups -OCH3 is 3. The van der Waals surface area contributed by atoms with E-state index in [0.29, 0.717) is 35.0 Å². The molecule has 0 aromatic heterocycles. The predicted octanol–water partition coefficient (Wildman–Crippen LogP) is 4.52. The highest BCUT2D eigenvalue weighted by Gasteiger charge is 2.17. The highest BCUT2D eigenvalue weighted by Crippen LogP contribution is 2.39. The zero-order chi connectivity index (χ0) is 20.6.